The highest BCUT2D eigenvalue weighted by Crippen LogP contribution is 2.14. The first kappa shape index (κ1) is 17.5. The molecule has 1 rings (SSSR count). The zero-order valence-corrected chi connectivity index (χ0v) is 14.0. The third kappa shape index (κ3) is 5.04. The van der Waals surface area contributed by atoms with Gasteiger partial charge in [-0.1, -0.05) is 13.8 Å². The van der Waals surface area contributed by atoms with E-state index in [1.807, 2.05) is 18.7 Å². The van der Waals surface area contributed by atoms with E-state index in [0.29, 0.717) is 6.61 Å². The molecule has 0 bridgehead atoms. The van der Waals surface area contributed by atoms with Crippen LogP contribution in [0, 0.1) is 0 Å². The minimum atomic E-state index is 0.685. The first-order chi connectivity index (χ1) is 10.2. The van der Waals surface area contributed by atoms with Gasteiger partial charge in [-0.05, 0) is 19.8 Å². The highest BCUT2D eigenvalue weighted by atomic mass is 16.5. The fourth-order valence-corrected chi connectivity index (χ4v) is 2.37. The van der Waals surface area contributed by atoms with Gasteiger partial charge in [-0.15, -0.1) is 0 Å². The number of guanidine groups is 1. The van der Waals surface area contributed by atoms with Crippen molar-refractivity contribution >= 4 is 5.96 Å². The first-order valence-corrected chi connectivity index (χ1v) is 7.73. The quantitative estimate of drug-likeness (QED) is 0.430. The molecule has 6 nitrogen and oxygen atoms in total. The molecule has 0 spiro atoms. The number of hydrogen-bond acceptors (Lipinski definition) is 3. The summed E-state index contributed by atoms with van der Waals surface area (Å²) < 4.78 is 7.30. The molecule has 21 heavy (non-hydrogen) atoms. The van der Waals surface area contributed by atoms with Crippen molar-refractivity contribution in [1.82, 2.24) is 20.4 Å². The number of nitrogens with zero attached hydrogens (tertiary/aromatic N) is 3. The van der Waals surface area contributed by atoms with E-state index >= 15 is 0 Å². The molecule has 0 saturated carbocycles. The molecule has 0 aliphatic rings. The summed E-state index contributed by atoms with van der Waals surface area (Å²) in [6.45, 7) is 9.22. The standard InChI is InChI=1S/C15H29N5O/c1-6-13-12(14(7-2)20(5)19-13)11-18-15(16-4)17-9-10-21-8-3/h6-11H2,1-5H3,(H2,16,17,18). The molecule has 0 unspecified atom stereocenters. The molecule has 1 aromatic heterocycles. The van der Waals surface area contributed by atoms with E-state index in [4.69, 9.17) is 4.74 Å². The lowest BCUT2D eigenvalue weighted by molar-refractivity contribution is 0.152. The molecule has 0 aliphatic carbocycles. The van der Waals surface area contributed by atoms with Crippen LogP contribution in [-0.2, 0) is 31.2 Å². The van der Waals surface area contributed by atoms with Crippen LogP contribution < -0.4 is 10.6 Å². The molecule has 0 amide bonds. The number of aliphatic imine (C=N–C) groups is 1. The molecule has 0 saturated heterocycles. The van der Waals surface area contributed by atoms with Crippen molar-refractivity contribution in [3.63, 3.8) is 0 Å². The van der Waals surface area contributed by atoms with Gasteiger partial charge < -0.3 is 15.4 Å². The van der Waals surface area contributed by atoms with Gasteiger partial charge in [0.05, 0.1) is 12.3 Å². The Kier molecular flexibility index (Phi) is 7.82. The summed E-state index contributed by atoms with van der Waals surface area (Å²) in [5, 5.41) is 11.2. The summed E-state index contributed by atoms with van der Waals surface area (Å²) in [6.07, 6.45) is 1.93. The zero-order valence-electron chi connectivity index (χ0n) is 14.0. The van der Waals surface area contributed by atoms with Crippen molar-refractivity contribution < 1.29 is 4.74 Å². The van der Waals surface area contributed by atoms with Crippen molar-refractivity contribution in [1.29, 1.82) is 0 Å². The van der Waals surface area contributed by atoms with E-state index in [-0.39, 0.29) is 0 Å². The Bertz CT molecular complexity index is 453. The topological polar surface area (TPSA) is 63.5 Å². The van der Waals surface area contributed by atoms with Gasteiger partial charge in [-0.2, -0.15) is 5.10 Å². The maximum absolute atomic E-state index is 5.31. The molecule has 0 atom stereocenters. The second kappa shape index (κ2) is 9.39. The Morgan fingerprint density at radius 2 is 2.00 bits per heavy atom. The summed E-state index contributed by atoms with van der Waals surface area (Å²) in [6, 6.07) is 0. The molecule has 120 valence electrons. The van der Waals surface area contributed by atoms with Gasteiger partial charge in [0, 0.05) is 45.0 Å². The molecule has 0 fully saturated rings. The predicted molar refractivity (Wildman–Crippen MR) is 86.7 cm³/mol. The van der Waals surface area contributed by atoms with E-state index in [9.17, 15) is 0 Å². The maximum atomic E-state index is 5.31. The summed E-state index contributed by atoms with van der Waals surface area (Å²) in [7, 11) is 3.79. The van der Waals surface area contributed by atoms with Crippen LogP contribution in [0.15, 0.2) is 4.99 Å². The van der Waals surface area contributed by atoms with Crippen molar-refractivity contribution in [2.75, 3.05) is 26.8 Å². The van der Waals surface area contributed by atoms with Gasteiger partial charge in [-0.25, -0.2) is 0 Å². The lowest BCUT2D eigenvalue weighted by atomic mass is 10.1. The van der Waals surface area contributed by atoms with Crippen molar-refractivity contribution in [3.8, 4) is 0 Å². The molecule has 2 N–H and O–H groups in total. The van der Waals surface area contributed by atoms with Crippen LogP contribution in [0.2, 0.25) is 0 Å². The SMILES string of the molecule is CCOCCNC(=NC)NCc1c(CC)nn(C)c1CC. The largest absolute Gasteiger partial charge is 0.380 e. The summed E-state index contributed by atoms with van der Waals surface area (Å²) in [5.41, 5.74) is 3.73. The summed E-state index contributed by atoms with van der Waals surface area (Å²) in [4.78, 5) is 4.23. The van der Waals surface area contributed by atoms with E-state index in [0.717, 1.165) is 44.2 Å². The molecule has 0 radical (unpaired) electrons. The first-order valence-electron chi connectivity index (χ1n) is 7.73. The van der Waals surface area contributed by atoms with Crippen LogP contribution in [0.5, 0.6) is 0 Å². The van der Waals surface area contributed by atoms with Gasteiger partial charge in [0.2, 0.25) is 0 Å². The Morgan fingerprint density at radius 1 is 1.24 bits per heavy atom. The molecule has 1 heterocycles. The Hall–Kier alpha value is -1.56. The number of aryl methyl sites for hydroxylation is 2. The second-order valence-electron chi connectivity index (χ2n) is 4.75. The third-order valence-corrected chi connectivity index (χ3v) is 3.43. The van der Waals surface area contributed by atoms with Crippen molar-refractivity contribution in [2.45, 2.75) is 40.2 Å². The maximum Gasteiger partial charge on any atom is 0.191 e. The Balaban J connectivity index is 2.60. The average molecular weight is 295 g/mol. The summed E-state index contributed by atoms with van der Waals surface area (Å²) >= 11 is 0. The molecular weight excluding hydrogens is 266 g/mol. The normalized spacial score (nSPS) is 11.8. The zero-order chi connectivity index (χ0) is 15.7. The van der Waals surface area contributed by atoms with Gasteiger partial charge in [-0.3, -0.25) is 9.67 Å². The van der Waals surface area contributed by atoms with Gasteiger partial charge >= 0.3 is 0 Å². The van der Waals surface area contributed by atoms with E-state index < -0.39 is 0 Å². The van der Waals surface area contributed by atoms with E-state index in [1.54, 1.807) is 7.05 Å². The Morgan fingerprint density at radius 3 is 2.57 bits per heavy atom. The fourth-order valence-electron chi connectivity index (χ4n) is 2.37. The highest BCUT2D eigenvalue weighted by molar-refractivity contribution is 5.79. The lowest BCUT2D eigenvalue weighted by Gasteiger charge is -2.12. The van der Waals surface area contributed by atoms with Crippen LogP contribution >= 0.6 is 0 Å². The number of rotatable bonds is 8. The van der Waals surface area contributed by atoms with Crippen LogP contribution in [0.25, 0.3) is 0 Å². The minimum absolute atomic E-state index is 0.685. The molecule has 0 aromatic carbocycles. The molecule has 6 heteroatoms. The van der Waals surface area contributed by atoms with Crippen LogP contribution in [0.3, 0.4) is 0 Å². The number of ether oxygens (including phenoxy) is 1. The molecule has 0 aliphatic heterocycles. The van der Waals surface area contributed by atoms with Crippen LogP contribution in [0.4, 0.5) is 0 Å². The van der Waals surface area contributed by atoms with Gasteiger partial charge in [0.15, 0.2) is 5.96 Å². The van der Waals surface area contributed by atoms with Crippen molar-refractivity contribution in [2.24, 2.45) is 12.0 Å². The van der Waals surface area contributed by atoms with Crippen LogP contribution in [0.1, 0.15) is 37.7 Å². The van der Waals surface area contributed by atoms with Crippen LogP contribution in [-0.4, -0.2) is 42.5 Å². The van der Waals surface area contributed by atoms with Crippen molar-refractivity contribution in [3.05, 3.63) is 17.0 Å². The number of nitrogens with one attached hydrogen (secondary N) is 2. The average Bonchev–Trinajstić information content (AvgIpc) is 2.81. The lowest BCUT2D eigenvalue weighted by Crippen LogP contribution is -2.38. The van der Waals surface area contributed by atoms with E-state index in [1.165, 1.54) is 11.3 Å². The molecular formula is C15H29N5O. The van der Waals surface area contributed by atoms with E-state index in [2.05, 4.69) is 34.6 Å². The minimum Gasteiger partial charge on any atom is -0.380 e. The smallest absolute Gasteiger partial charge is 0.191 e. The van der Waals surface area contributed by atoms with Gasteiger partial charge in [0.1, 0.15) is 0 Å². The fraction of sp³-hybridized carbons (Fsp3) is 0.733. The predicted octanol–water partition coefficient (Wildman–Crippen LogP) is 1.25. The second-order valence-corrected chi connectivity index (χ2v) is 4.75. The summed E-state index contributed by atoms with van der Waals surface area (Å²) in [5.74, 6) is 0.794. The number of aromatic nitrogens is 2. The Labute approximate surface area is 128 Å². The highest BCUT2D eigenvalue weighted by Gasteiger charge is 2.13. The third-order valence-electron chi connectivity index (χ3n) is 3.43. The number of hydrogen-bond donors (Lipinski definition) is 2. The monoisotopic (exact) mass is 295 g/mol. The van der Waals surface area contributed by atoms with Gasteiger partial charge in [0.25, 0.3) is 0 Å². The molecule has 1 aromatic rings.